The van der Waals surface area contributed by atoms with Gasteiger partial charge in [-0.2, -0.15) is 0 Å². The summed E-state index contributed by atoms with van der Waals surface area (Å²) in [7, 11) is 0. The highest BCUT2D eigenvalue weighted by Crippen LogP contribution is 2.39. The standard InChI is InChI=1S/C12H14N2O2S/c13-8-6-9(11-2-1-5-17-11)12(10(14)7-8)16-4-3-15/h1-2,5-7,15H,3-4,13-14H2. The Hall–Kier alpha value is -1.72. The van der Waals surface area contributed by atoms with Gasteiger partial charge >= 0.3 is 0 Å². The molecule has 0 aliphatic rings. The van der Waals surface area contributed by atoms with Crippen molar-refractivity contribution in [3.8, 4) is 16.2 Å². The molecule has 4 nitrogen and oxygen atoms in total. The van der Waals surface area contributed by atoms with Crippen LogP contribution in [0.4, 0.5) is 11.4 Å². The summed E-state index contributed by atoms with van der Waals surface area (Å²) >= 11 is 1.59. The molecule has 1 heterocycles. The zero-order valence-electron chi connectivity index (χ0n) is 9.22. The van der Waals surface area contributed by atoms with Crippen LogP contribution in [0.1, 0.15) is 0 Å². The molecule has 0 amide bonds. The van der Waals surface area contributed by atoms with Crippen LogP contribution in [0.3, 0.4) is 0 Å². The number of aliphatic hydroxyl groups excluding tert-OH is 1. The van der Waals surface area contributed by atoms with Gasteiger partial charge in [0.05, 0.1) is 12.3 Å². The predicted molar refractivity (Wildman–Crippen MR) is 71.2 cm³/mol. The topological polar surface area (TPSA) is 81.5 Å². The first kappa shape index (κ1) is 11.8. The highest BCUT2D eigenvalue weighted by Gasteiger charge is 2.12. The second kappa shape index (κ2) is 5.07. The summed E-state index contributed by atoms with van der Waals surface area (Å²) in [6, 6.07) is 7.42. The Labute approximate surface area is 103 Å². The van der Waals surface area contributed by atoms with Gasteiger partial charge < -0.3 is 21.3 Å². The van der Waals surface area contributed by atoms with Crippen molar-refractivity contribution in [3.63, 3.8) is 0 Å². The van der Waals surface area contributed by atoms with Crippen molar-refractivity contribution in [2.75, 3.05) is 24.7 Å². The number of ether oxygens (including phenoxy) is 1. The van der Waals surface area contributed by atoms with Gasteiger partial charge in [-0.05, 0) is 23.6 Å². The minimum Gasteiger partial charge on any atom is -0.488 e. The molecule has 1 aromatic heterocycles. The lowest BCUT2D eigenvalue weighted by atomic mass is 10.1. The maximum Gasteiger partial charge on any atom is 0.151 e. The van der Waals surface area contributed by atoms with E-state index in [1.54, 1.807) is 17.4 Å². The number of anilines is 2. The minimum atomic E-state index is -0.0479. The molecule has 0 fully saturated rings. The van der Waals surface area contributed by atoms with E-state index in [0.717, 1.165) is 10.4 Å². The molecule has 0 atom stereocenters. The molecular weight excluding hydrogens is 236 g/mol. The molecule has 5 N–H and O–H groups in total. The van der Waals surface area contributed by atoms with Gasteiger partial charge in [0, 0.05) is 16.1 Å². The number of hydrogen-bond acceptors (Lipinski definition) is 5. The summed E-state index contributed by atoms with van der Waals surface area (Å²) in [5, 5.41) is 10.8. The van der Waals surface area contributed by atoms with Crippen LogP contribution in [-0.4, -0.2) is 18.3 Å². The normalized spacial score (nSPS) is 10.4. The summed E-state index contributed by atoms with van der Waals surface area (Å²) in [6.45, 7) is 0.167. The van der Waals surface area contributed by atoms with Gasteiger partial charge in [0.1, 0.15) is 6.61 Å². The fraction of sp³-hybridized carbons (Fsp3) is 0.167. The summed E-state index contributed by atoms with van der Waals surface area (Å²) < 4.78 is 5.47. The van der Waals surface area contributed by atoms with Crippen molar-refractivity contribution in [3.05, 3.63) is 29.6 Å². The van der Waals surface area contributed by atoms with Gasteiger partial charge in [-0.25, -0.2) is 0 Å². The van der Waals surface area contributed by atoms with Crippen molar-refractivity contribution in [2.24, 2.45) is 0 Å². The van der Waals surface area contributed by atoms with Gasteiger partial charge in [-0.1, -0.05) is 6.07 Å². The highest BCUT2D eigenvalue weighted by molar-refractivity contribution is 7.13. The smallest absolute Gasteiger partial charge is 0.151 e. The maximum atomic E-state index is 8.81. The molecule has 0 aliphatic carbocycles. The molecule has 5 heteroatoms. The Kier molecular flexibility index (Phi) is 3.51. The zero-order chi connectivity index (χ0) is 12.3. The number of nitrogens with two attached hydrogens (primary N) is 2. The maximum absolute atomic E-state index is 8.81. The number of thiophene rings is 1. The van der Waals surface area contributed by atoms with E-state index in [0.29, 0.717) is 17.1 Å². The van der Waals surface area contributed by atoms with Crippen LogP contribution in [0.5, 0.6) is 5.75 Å². The summed E-state index contributed by atoms with van der Waals surface area (Å²) in [6.07, 6.45) is 0. The first-order chi connectivity index (χ1) is 8.22. The number of hydrogen-bond donors (Lipinski definition) is 3. The summed E-state index contributed by atoms with van der Waals surface area (Å²) in [5.41, 5.74) is 13.6. The average molecular weight is 250 g/mol. The van der Waals surface area contributed by atoms with Crippen molar-refractivity contribution in [1.82, 2.24) is 0 Å². The molecule has 0 saturated carbocycles. The van der Waals surface area contributed by atoms with E-state index in [1.165, 1.54) is 0 Å². The van der Waals surface area contributed by atoms with E-state index in [1.807, 2.05) is 23.6 Å². The third-order valence-corrected chi connectivity index (χ3v) is 3.17. The summed E-state index contributed by atoms with van der Waals surface area (Å²) in [5.74, 6) is 0.579. The van der Waals surface area contributed by atoms with Gasteiger partial charge in [-0.3, -0.25) is 0 Å². The van der Waals surface area contributed by atoms with Crippen LogP contribution in [0, 0.1) is 0 Å². The Balaban J connectivity index is 2.47. The molecular formula is C12H14N2O2S. The first-order valence-corrected chi connectivity index (χ1v) is 6.07. The van der Waals surface area contributed by atoms with E-state index >= 15 is 0 Å². The van der Waals surface area contributed by atoms with Gasteiger partial charge in [-0.15, -0.1) is 11.3 Å². The largest absolute Gasteiger partial charge is 0.488 e. The average Bonchev–Trinajstić information content (AvgIpc) is 2.80. The molecule has 17 heavy (non-hydrogen) atoms. The number of rotatable bonds is 4. The molecule has 0 spiro atoms. The van der Waals surface area contributed by atoms with Gasteiger partial charge in [0.2, 0.25) is 0 Å². The molecule has 0 unspecified atom stereocenters. The van der Waals surface area contributed by atoms with Crippen LogP contribution in [0.25, 0.3) is 10.4 Å². The molecule has 0 aliphatic heterocycles. The van der Waals surface area contributed by atoms with Gasteiger partial charge in [0.25, 0.3) is 0 Å². The lowest BCUT2D eigenvalue weighted by molar-refractivity contribution is 0.202. The lowest BCUT2D eigenvalue weighted by Crippen LogP contribution is -2.05. The second-order valence-corrected chi connectivity index (χ2v) is 4.48. The van der Waals surface area contributed by atoms with E-state index < -0.39 is 0 Å². The Morgan fingerprint density at radius 2 is 2.12 bits per heavy atom. The number of nitrogen functional groups attached to an aromatic ring is 2. The van der Waals surface area contributed by atoms with Crippen molar-refractivity contribution in [2.45, 2.75) is 0 Å². The molecule has 1 aromatic carbocycles. The van der Waals surface area contributed by atoms with Crippen LogP contribution >= 0.6 is 11.3 Å². The molecule has 2 aromatic rings. The molecule has 0 radical (unpaired) electrons. The Bertz CT molecular complexity index is 497. The quantitative estimate of drug-likeness (QED) is 0.724. The van der Waals surface area contributed by atoms with E-state index in [-0.39, 0.29) is 13.2 Å². The lowest BCUT2D eigenvalue weighted by Gasteiger charge is -2.13. The SMILES string of the molecule is Nc1cc(N)c(OCCO)c(-c2cccs2)c1. The highest BCUT2D eigenvalue weighted by atomic mass is 32.1. The fourth-order valence-corrected chi connectivity index (χ4v) is 2.34. The number of aliphatic hydroxyl groups is 1. The van der Waals surface area contributed by atoms with Crippen LogP contribution in [-0.2, 0) is 0 Å². The Morgan fingerprint density at radius 3 is 2.76 bits per heavy atom. The summed E-state index contributed by atoms with van der Waals surface area (Å²) in [4.78, 5) is 1.04. The van der Waals surface area contributed by atoms with E-state index in [4.69, 9.17) is 21.3 Å². The molecule has 2 rings (SSSR count). The van der Waals surface area contributed by atoms with Crippen LogP contribution in [0.2, 0.25) is 0 Å². The monoisotopic (exact) mass is 250 g/mol. The van der Waals surface area contributed by atoms with Crippen molar-refractivity contribution >= 4 is 22.7 Å². The third-order valence-electron chi connectivity index (χ3n) is 2.26. The second-order valence-electron chi connectivity index (χ2n) is 3.54. The number of benzene rings is 1. The fourth-order valence-electron chi connectivity index (χ4n) is 1.60. The van der Waals surface area contributed by atoms with E-state index in [9.17, 15) is 0 Å². The van der Waals surface area contributed by atoms with E-state index in [2.05, 4.69) is 0 Å². The van der Waals surface area contributed by atoms with Gasteiger partial charge in [0.15, 0.2) is 5.75 Å². The predicted octanol–water partition coefficient (Wildman–Crippen LogP) is 1.95. The molecule has 90 valence electrons. The van der Waals surface area contributed by atoms with Crippen LogP contribution in [0.15, 0.2) is 29.6 Å². The first-order valence-electron chi connectivity index (χ1n) is 5.19. The van der Waals surface area contributed by atoms with Crippen molar-refractivity contribution < 1.29 is 9.84 Å². The molecule has 0 saturated heterocycles. The van der Waals surface area contributed by atoms with Crippen molar-refractivity contribution in [1.29, 1.82) is 0 Å². The minimum absolute atomic E-state index is 0.0479. The Morgan fingerprint density at radius 1 is 1.29 bits per heavy atom. The zero-order valence-corrected chi connectivity index (χ0v) is 10.0. The molecule has 0 bridgehead atoms. The van der Waals surface area contributed by atoms with Crippen LogP contribution < -0.4 is 16.2 Å². The third kappa shape index (κ3) is 2.51.